The molecule has 1 aliphatic heterocycles. The van der Waals surface area contributed by atoms with E-state index in [0.29, 0.717) is 18.1 Å². The molecule has 8 heteroatoms. The molecular weight excluding hydrogens is 432 g/mol. The average molecular weight is 451 g/mol. The van der Waals surface area contributed by atoms with E-state index in [1.54, 1.807) is 22.7 Å². The SMILES string of the molecule is O=C(Cc1csc(-c2ccsc2)n1)Nc1cccc(COc2ccc3c(c2)OCO3)c1. The average Bonchev–Trinajstić information content (AvgIpc) is 3.53. The van der Waals surface area contributed by atoms with E-state index in [1.165, 1.54) is 0 Å². The first kappa shape index (κ1) is 19.6. The fraction of sp³-hybridized carbons (Fsp3) is 0.130. The molecule has 0 aliphatic carbocycles. The third-order valence-corrected chi connectivity index (χ3v) is 6.25. The molecule has 2 aromatic carbocycles. The molecule has 0 saturated heterocycles. The maximum Gasteiger partial charge on any atom is 0.231 e. The number of carbonyl (C=O) groups is 1. The number of nitrogens with zero attached hydrogens (tertiary/aromatic N) is 1. The van der Waals surface area contributed by atoms with Gasteiger partial charge >= 0.3 is 0 Å². The number of carbonyl (C=O) groups excluding carboxylic acids is 1. The number of anilines is 1. The highest BCUT2D eigenvalue weighted by molar-refractivity contribution is 7.14. The van der Waals surface area contributed by atoms with Crippen LogP contribution in [0.4, 0.5) is 5.69 Å². The van der Waals surface area contributed by atoms with Gasteiger partial charge in [0.1, 0.15) is 17.4 Å². The highest BCUT2D eigenvalue weighted by Crippen LogP contribution is 2.35. The Morgan fingerprint density at radius 2 is 2.03 bits per heavy atom. The number of rotatable bonds is 7. The molecule has 0 bridgehead atoms. The number of aromatic nitrogens is 1. The van der Waals surface area contributed by atoms with Crippen LogP contribution in [0.25, 0.3) is 10.6 Å². The Morgan fingerprint density at radius 1 is 1.10 bits per heavy atom. The van der Waals surface area contributed by atoms with Gasteiger partial charge in [0.05, 0.1) is 12.1 Å². The predicted octanol–water partition coefficient (Wildman–Crippen LogP) is 5.36. The molecular formula is C23H18N2O4S2. The topological polar surface area (TPSA) is 69.7 Å². The van der Waals surface area contributed by atoms with Crippen LogP contribution in [0.2, 0.25) is 0 Å². The Labute approximate surface area is 187 Å². The Morgan fingerprint density at radius 3 is 2.94 bits per heavy atom. The lowest BCUT2D eigenvalue weighted by Gasteiger charge is -2.09. The zero-order valence-electron chi connectivity index (χ0n) is 16.4. The van der Waals surface area contributed by atoms with E-state index >= 15 is 0 Å². The fourth-order valence-corrected chi connectivity index (χ4v) is 4.68. The summed E-state index contributed by atoms with van der Waals surface area (Å²) in [6, 6.07) is 15.1. The molecule has 0 fully saturated rings. The van der Waals surface area contributed by atoms with Crippen molar-refractivity contribution in [3.63, 3.8) is 0 Å². The first-order chi connectivity index (χ1) is 15.2. The van der Waals surface area contributed by atoms with Crippen molar-refractivity contribution < 1.29 is 19.0 Å². The number of nitrogens with one attached hydrogen (secondary N) is 1. The molecule has 5 rings (SSSR count). The predicted molar refractivity (Wildman–Crippen MR) is 121 cm³/mol. The summed E-state index contributed by atoms with van der Waals surface area (Å²) in [7, 11) is 0. The van der Waals surface area contributed by atoms with Crippen molar-refractivity contribution >= 4 is 34.3 Å². The summed E-state index contributed by atoms with van der Waals surface area (Å²) in [6.45, 7) is 0.607. The molecule has 0 spiro atoms. The normalized spacial score (nSPS) is 12.0. The molecule has 0 unspecified atom stereocenters. The van der Waals surface area contributed by atoms with Crippen LogP contribution in [0.5, 0.6) is 17.2 Å². The molecule has 6 nitrogen and oxygen atoms in total. The number of hydrogen-bond donors (Lipinski definition) is 1. The molecule has 0 radical (unpaired) electrons. The molecule has 1 amide bonds. The molecule has 1 N–H and O–H groups in total. The van der Waals surface area contributed by atoms with Gasteiger partial charge in [-0.25, -0.2) is 4.98 Å². The minimum Gasteiger partial charge on any atom is -0.489 e. The van der Waals surface area contributed by atoms with Gasteiger partial charge in [-0.3, -0.25) is 4.79 Å². The van der Waals surface area contributed by atoms with Crippen LogP contribution >= 0.6 is 22.7 Å². The lowest BCUT2D eigenvalue weighted by molar-refractivity contribution is -0.115. The van der Waals surface area contributed by atoms with Crippen LogP contribution in [0, 0.1) is 0 Å². The first-order valence-electron chi connectivity index (χ1n) is 9.61. The smallest absolute Gasteiger partial charge is 0.231 e. The van der Waals surface area contributed by atoms with Crippen molar-refractivity contribution in [1.82, 2.24) is 4.98 Å². The number of thiophene rings is 1. The quantitative estimate of drug-likeness (QED) is 0.410. The van der Waals surface area contributed by atoms with Crippen molar-refractivity contribution in [1.29, 1.82) is 0 Å². The van der Waals surface area contributed by atoms with Gasteiger partial charge in [-0.15, -0.1) is 11.3 Å². The summed E-state index contributed by atoms with van der Waals surface area (Å²) in [5, 5.41) is 9.89. The van der Waals surface area contributed by atoms with Gasteiger partial charge in [0.25, 0.3) is 0 Å². The molecule has 0 saturated carbocycles. The molecule has 2 aromatic heterocycles. The standard InChI is InChI=1S/C23H18N2O4S2/c26-22(9-18-13-31-23(25-18)16-6-7-30-12-16)24-17-3-1-2-15(8-17)11-27-19-4-5-20-21(10-19)29-14-28-20/h1-8,10,12-13H,9,11,14H2,(H,24,26). The first-order valence-corrected chi connectivity index (χ1v) is 11.4. The second kappa shape index (κ2) is 8.79. The van der Waals surface area contributed by atoms with Crippen molar-refractivity contribution in [3.05, 3.63) is 75.9 Å². The van der Waals surface area contributed by atoms with Crippen molar-refractivity contribution in [2.24, 2.45) is 0 Å². The number of benzene rings is 2. The molecule has 31 heavy (non-hydrogen) atoms. The van der Waals surface area contributed by atoms with Crippen LogP contribution in [0.3, 0.4) is 0 Å². The van der Waals surface area contributed by atoms with Crippen molar-refractivity contribution in [2.45, 2.75) is 13.0 Å². The van der Waals surface area contributed by atoms with Gasteiger partial charge in [0, 0.05) is 28.1 Å². The van der Waals surface area contributed by atoms with Gasteiger partial charge in [0.15, 0.2) is 11.5 Å². The summed E-state index contributed by atoms with van der Waals surface area (Å²) in [5.74, 6) is 2.00. The highest BCUT2D eigenvalue weighted by atomic mass is 32.1. The number of fused-ring (bicyclic) bond motifs is 1. The van der Waals surface area contributed by atoms with Gasteiger partial charge in [0.2, 0.25) is 12.7 Å². The van der Waals surface area contributed by atoms with E-state index in [9.17, 15) is 4.79 Å². The Bertz CT molecular complexity index is 1200. The van der Waals surface area contributed by atoms with Crippen molar-refractivity contribution in [2.75, 3.05) is 12.1 Å². The highest BCUT2D eigenvalue weighted by Gasteiger charge is 2.14. The minimum atomic E-state index is -0.101. The second-order valence-corrected chi connectivity index (χ2v) is 8.52. The minimum absolute atomic E-state index is 0.101. The monoisotopic (exact) mass is 450 g/mol. The lowest BCUT2D eigenvalue weighted by Crippen LogP contribution is -2.14. The summed E-state index contributed by atoms with van der Waals surface area (Å²) >= 11 is 3.19. The van der Waals surface area contributed by atoms with Crippen LogP contribution < -0.4 is 19.5 Å². The molecule has 1 aliphatic rings. The van der Waals surface area contributed by atoms with Crippen LogP contribution in [0.15, 0.2) is 64.7 Å². The van der Waals surface area contributed by atoms with Gasteiger partial charge in [-0.2, -0.15) is 11.3 Å². The summed E-state index contributed by atoms with van der Waals surface area (Å²) < 4.78 is 16.5. The number of hydrogen-bond acceptors (Lipinski definition) is 7. The molecule has 4 aromatic rings. The molecule has 0 atom stereocenters. The van der Waals surface area contributed by atoms with E-state index in [-0.39, 0.29) is 19.1 Å². The van der Waals surface area contributed by atoms with Gasteiger partial charge in [-0.1, -0.05) is 12.1 Å². The maximum atomic E-state index is 12.5. The Kier molecular flexibility index (Phi) is 5.56. The van der Waals surface area contributed by atoms with E-state index in [2.05, 4.69) is 15.7 Å². The Hall–Kier alpha value is -3.36. The van der Waals surface area contributed by atoms with E-state index in [1.807, 2.05) is 59.3 Å². The van der Waals surface area contributed by atoms with Gasteiger partial charge < -0.3 is 19.5 Å². The molecule has 156 valence electrons. The van der Waals surface area contributed by atoms with Crippen LogP contribution in [-0.2, 0) is 17.8 Å². The lowest BCUT2D eigenvalue weighted by atomic mass is 10.2. The fourth-order valence-electron chi connectivity index (χ4n) is 3.15. The number of amides is 1. The number of thiazole rings is 1. The van der Waals surface area contributed by atoms with E-state index in [4.69, 9.17) is 14.2 Å². The van der Waals surface area contributed by atoms with Crippen LogP contribution in [-0.4, -0.2) is 17.7 Å². The summed E-state index contributed by atoms with van der Waals surface area (Å²) in [5.41, 5.74) is 3.54. The van der Waals surface area contributed by atoms with Gasteiger partial charge in [-0.05, 0) is 41.3 Å². The zero-order chi connectivity index (χ0) is 21.0. The zero-order valence-corrected chi connectivity index (χ0v) is 18.0. The summed E-state index contributed by atoms with van der Waals surface area (Å²) in [4.78, 5) is 17.0. The van der Waals surface area contributed by atoms with Crippen LogP contribution in [0.1, 0.15) is 11.3 Å². The third kappa shape index (κ3) is 4.70. The second-order valence-electron chi connectivity index (χ2n) is 6.89. The third-order valence-electron chi connectivity index (χ3n) is 4.62. The number of ether oxygens (including phenoxy) is 3. The van der Waals surface area contributed by atoms with E-state index in [0.717, 1.165) is 33.3 Å². The van der Waals surface area contributed by atoms with E-state index < -0.39 is 0 Å². The molecule has 3 heterocycles. The Balaban J connectivity index is 1.18. The largest absolute Gasteiger partial charge is 0.489 e. The van der Waals surface area contributed by atoms with Crippen molar-refractivity contribution in [3.8, 4) is 27.8 Å². The summed E-state index contributed by atoms with van der Waals surface area (Å²) in [6.07, 6.45) is 0.235. The maximum absolute atomic E-state index is 12.5.